The number of ether oxygens (including phenoxy) is 1. The number of rotatable bonds is 6. The molecule has 158 valence electrons. The van der Waals surface area contributed by atoms with Gasteiger partial charge in [0.2, 0.25) is 0 Å². The average molecular weight is 446 g/mol. The van der Waals surface area contributed by atoms with Crippen molar-refractivity contribution in [1.29, 1.82) is 0 Å². The second-order valence-corrected chi connectivity index (χ2v) is 8.76. The predicted octanol–water partition coefficient (Wildman–Crippen LogP) is 1.66. The van der Waals surface area contributed by atoms with E-state index in [0.717, 1.165) is 39.3 Å². The number of nitrogens with one attached hydrogen (secondary N) is 1. The SMILES string of the molecule is CN1C(=O)C(=Cc2c(NCCCN3CCOCC3)nc3ccccn3c2=O)SC1=S. The minimum Gasteiger partial charge on any atom is -0.379 e. The van der Waals surface area contributed by atoms with Crippen molar-refractivity contribution in [1.82, 2.24) is 19.2 Å². The number of amides is 1. The maximum atomic E-state index is 13.1. The van der Waals surface area contributed by atoms with Gasteiger partial charge in [0.25, 0.3) is 11.5 Å². The molecule has 0 aliphatic carbocycles. The average Bonchev–Trinajstić information content (AvgIpc) is 3.01. The molecule has 0 atom stereocenters. The highest BCUT2D eigenvalue weighted by Gasteiger charge is 2.29. The number of likely N-dealkylation sites (N-methyl/N-ethyl adjacent to an activating group) is 1. The van der Waals surface area contributed by atoms with E-state index in [1.807, 2.05) is 6.07 Å². The van der Waals surface area contributed by atoms with Crippen LogP contribution in [-0.4, -0.2) is 75.9 Å². The van der Waals surface area contributed by atoms with Gasteiger partial charge in [-0.3, -0.25) is 23.8 Å². The van der Waals surface area contributed by atoms with E-state index in [4.69, 9.17) is 17.0 Å². The van der Waals surface area contributed by atoms with Gasteiger partial charge in [-0.15, -0.1) is 0 Å². The van der Waals surface area contributed by atoms with E-state index in [1.54, 1.807) is 31.5 Å². The van der Waals surface area contributed by atoms with Crippen LogP contribution in [0, 0.1) is 0 Å². The molecule has 10 heteroatoms. The van der Waals surface area contributed by atoms with E-state index in [9.17, 15) is 9.59 Å². The van der Waals surface area contributed by atoms with Crippen LogP contribution in [0.3, 0.4) is 0 Å². The van der Waals surface area contributed by atoms with Gasteiger partial charge in [0, 0.05) is 32.9 Å². The van der Waals surface area contributed by atoms with Gasteiger partial charge < -0.3 is 10.1 Å². The first kappa shape index (κ1) is 21.0. The summed E-state index contributed by atoms with van der Waals surface area (Å²) < 4.78 is 7.34. The van der Waals surface area contributed by atoms with Gasteiger partial charge in [0.1, 0.15) is 15.8 Å². The topological polar surface area (TPSA) is 79.2 Å². The molecule has 1 N–H and O–H groups in total. The minimum atomic E-state index is -0.224. The van der Waals surface area contributed by atoms with Crippen LogP contribution in [0.15, 0.2) is 34.1 Å². The lowest BCUT2D eigenvalue weighted by Gasteiger charge is -2.26. The number of thiocarbonyl (C=S) groups is 1. The largest absolute Gasteiger partial charge is 0.379 e. The second kappa shape index (κ2) is 9.25. The molecule has 2 aliphatic rings. The van der Waals surface area contributed by atoms with E-state index >= 15 is 0 Å². The quantitative estimate of drug-likeness (QED) is 0.409. The Morgan fingerprint density at radius 2 is 2.10 bits per heavy atom. The molecular weight excluding hydrogens is 422 g/mol. The molecule has 0 unspecified atom stereocenters. The minimum absolute atomic E-state index is 0.208. The number of aromatic nitrogens is 2. The third kappa shape index (κ3) is 4.41. The maximum absolute atomic E-state index is 13.1. The number of thioether (sulfide) groups is 1. The standard InChI is InChI=1S/C20H23N5O3S2/c1-23-19(27)15(30-20(23)29)13-14-17(21-6-4-7-24-9-11-28-12-10-24)22-16-5-2-3-8-25(16)18(14)26/h2-3,5,8,13,21H,4,6-7,9-12H2,1H3. The van der Waals surface area contributed by atoms with Gasteiger partial charge >= 0.3 is 0 Å². The summed E-state index contributed by atoms with van der Waals surface area (Å²) in [7, 11) is 1.63. The third-order valence-electron chi connectivity index (χ3n) is 5.08. The zero-order valence-electron chi connectivity index (χ0n) is 16.7. The Balaban J connectivity index is 1.59. The summed E-state index contributed by atoms with van der Waals surface area (Å²) in [5.74, 6) is 0.273. The summed E-state index contributed by atoms with van der Waals surface area (Å²) in [6.07, 6.45) is 4.18. The number of fused-ring (bicyclic) bond motifs is 1. The first-order valence-electron chi connectivity index (χ1n) is 9.81. The van der Waals surface area contributed by atoms with Crippen molar-refractivity contribution in [2.45, 2.75) is 6.42 Å². The lowest BCUT2D eigenvalue weighted by Crippen LogP contribution is -2.37. The van der Waals surface area contributed by atoms with E-state index in [-0.39, 0.29) is 11.5 Å². The number of morpholine rings is 1. The monoisotopic (exact) mass is 445 g/mol. The highest BCUT2D eigenvalue weighted by Crippen LogP contribution is 2.31. The molecule has 0 bridgehead atoms. The smallest absolute Gasteiger partial charge is 0.267 e. The zero-order valence-corrected chi connectivity index (χ0v) is 18.3. The van der Waals surface area contributed by atoms with Crippen LogP contribution in [0.25, 0.3) is 11.7 Å². The summed E-state index contributed by atoms with van der Waals surface area (Å²) in [6.45, 7) is 5.06. The van der Waals surface area contributed by atoms with Crippen LogP contribution in [0.4, 0.5) is 5.82 Å². The molecule has 2 aromatic heterocycles. The summed E-state index contributed by atoms with van der Waals surface area (Å²) in [5, 5.41) is 3.30. The van der Waals surface area contributed by atoms with Crippen molar-refractivity contribution in [3.05, 3.63) is 45.2 Å². The molecule has 0 saturated carbocycles. The van der Waals surface area contributed by atoms with E-state index in [1.165, 1.54) is 21.1 Å². The molecule has 2 aliphatic heterocycles. The van der Waals surface area contributed by atoms with Gasteiger partial charge in [-0.2, -0.15) is 0 Å². The van der Waals surface area contributed by atoms with Gasteiger partial charge in [0.05, 0.1) is 23.7 Å². The Morgan fingerprint density at radius 3 is 2.83 bits per heavy atom. The molecule has 2 fully saturated rings. The maximum Gasteiger partial charge on any atom is 0.267 e. The Labute approximate surface area is 183 Å². The Hall–Kier alpha value is -2.27. The normalized spacial score (nSPS) is 19.2. The number of hydrogen-bond acceptors (Lipinski definition) is 8. The fourth-order valence-electron chi connectivity index (χ4n) is 3.38. The number of pyridine rings is 1. The second-order valence-electron chi connectivity index (χ2n) is 7.08. The molecule has 4 heterocycles. The van der Waals surface area contributed by atoms with Crippen molar-refractivity contribution in [2.24, 2.45) is 0 Å². The van der Waals surface area contributed by atoms with Crippen molar-refractivity contribution in [2.75, 3.05) is 51.8 Å². The molecule has 0 spiro atoms. The van der Waals surface area contributed by atoms with Crippen LogP contribution < -0.4 is 10.9 Å². The number of nitrogens with zero attached hydrogens (tertiary/aromatic N) is 4. The molecule has 0 aromatic carbocycles. The van der Waals surface area contributed by atoms with Crippen molar-refractivity contribution >= 4 is 51.7 Å². The number of carbonyl (C=O) groups is 1. The predicted molar refractivity (Wildman–Crippen MR) is 123 cm³/mol. The van der Waals surface area contributed by atoms with E-state index in [0.29, 0.717) is 32.8 Å². The molecule has 2 saturated heterocycles. The van der Waals surface area contributed by atoms with Crippen molar-refractivity contribution in [3.8, 4) is 0 Å². The van der Waals surface area contributed by atoms with Crippen LogP contribution >= 0.6 is 24.0 Å². The molecule has 1 amide bonds. The van der Waals surface area contributed by atoms with Crippen LogP contribution in [-0.2, 0) is 9.53 Å². The van der Waals surface area contributed by atoms with E-state index < -0.39 is 0 Å². The third-order valence-corrected chi connectivity index (χ3v) is 6.56. The molecule has 30 heavy (non-hydrogen) atoms. The summed E-state index contributed by atoms with van der Waals surface area (Å²) in [4.78, 5) is 34.4. The van der Waals surface area contributed by atoms with Crippen LogP contribution in [0.5, 0.6) is 0 Å². The lowest BCUT2D eigenvalue weighted by atomic mass is 10.2. The first-order valence-corrected chi connectivity index (χ1v) is 11.0. The summed E-state index contributed by atoms with van der Waals surface area (Å²) >= 11 is 6.39. The van der Waals surface area contributed by atoms with Crippen molar-refractivity contribution in [3.63, 3.8) is 0 Å². The molecule has 4 rings (SSSR count). The van der Waals surface area contributed by atoms with Crippen LogP contribution in [0.2, 0.25) is 0 Å². The summed E-state index contributed by atoms with van der Waals surface area (Å²) in [5.41, 5.74) is 0.690. The highest BCUT2D eigenvalue weighted by molar-refractivity contribution is 8.26. The van der Waals surface area contributed by atoms with Gasteiger partial charge in [-0.1, -0.05) is 30.0 Å². The highest BCUT2D eigenvalue weighted by atomic mass is 32.2. The first-order chi connectivity index (χ1) is 14.5. The van der Waals surface area contributed by atoms with Crippen molar-refractivity contribution < 1.29 is 9.53 Å². The molecule has 0 radical (unpaired) electrons. The number of anilines is 1. The van der Waals surface area contributed by atoms with Crippen LogP contribution in [0.1, 0.15) is 12.0 Å². The number of hydrogen-bond donors (Lipinski definition) is 1. The lowest BCUT2D eigenvalue weighted by molar-refractivity contribution is -0.121. The Kier molecular flexibility index (Phi) is 6.47. The molecule has 8 nitrogen and oxygen atoms in total. The number of carbonyl (C=O) groups excluding carboxylic acids is 1. The van der Waals surface area contributed by atoms with Gasteiger partial charge in [0.15, 0.2) is 0 Å². The molecular formula is C20H23N5O3S2. The fourth-order valence-corrected chi connectivity index (χ4v) is 4.54. The Morgan fingerprint density at radius 1 is 1.30 bits per heavy atom. The van der Waals surface area contributed by atoms with Gasteiger partial charge in [-0.05, 0) is 31.2 Å². The van der Waals surface area contributed by atoms with E-state index in [2.05, 4.69) is 15.2 Å². The van der Waals surface area contributed by atoms with Gasteiger partial charge in [-0.25, -0.2) is 4.98 Å². The fraction of sp³-hybridized carbons (Fsp3) is 0.400. The Bertz CT molecular complexity index is 1060. The zero-order chi connectivity index (χ0) is 21.1. The summed E-state index contributed by atoms with van der Waals surface area (Å²) in [6, 6.07) is 5.41. The molecule has 2 aromatic rings.